The minimum absolute atomic E-state index is 0.0134. The van der Waals surface area contributed by atoms with Crippen molar-refractivity contribution in [2.24, 2.45) is 27.6 Å². The summed E-state index contributed by atoms with van der Waals surface area (Å²) >= 11 is 6.07. The van der Waals surface area contributed by atoms with Crippen LogP contribution in [0, 0.1) is 5.92 Å². The maximum atomic E-state index is 12.6. The highest BCUT2D eigenvalue weighted by Crippen LogP contribution is 2.32. The molecule has 0 atom stereocenters. The van der Waals surface area contributed by atoms with E-state index in [0.717, 1.165) is 18.0 Å². The summed E-state index contributed by atoms with van der Waals surface area (Å²) in [7, 11) is 4.56. The molecule has 0 spiro atoms. The van der Waals surface area contributed by atoms with Gasteiger partial charge in [-0.2, -0.15) is 4.99 Å². The van der Waals surface area contributed by atoms with Gasteiger partial charge in [-0.3, -0.25) is 9.59 Å². The van der Waals surface area contributed by atoms with Gasteiger partial charge in [-0.25, -0.2) is 11.0 Å². The van der Waals surface area contributed by atoms with Gasteiger partial charge in [0.1, 0.15) is 5.49 Å². The zero-order valence-electron chi connectivity index (χ0n) is 18.6. The van der Waals surface area contributed by atoms with E-state index in [1.807, 2.05) is 0 Å². The summed E-state index contributed by atoms with van der Waals surface area (Å²) in [6.45, 7) is 0. The highest BCUT2D eigenvalue weighted by atomic mass is 35.5. The lowest BCUT2D eigenvalue weighted by Crippen LogP contribution is -2.27. The Labute approximate surface area is 196 Å². The number of rotatable bonds is 8. The Bertz CT molecular complexity index is 1150. The first-order valence-electron chi connectivity index (χ1n) is 10.2. The quantitative estimate of drug-likeness (QED) is 0.147. The number of pyridine rings is 1. The topological polar surface area (TPSA) is 152 Å². The number of hydrazine groups is 1. The maximum absolute atomic E-state index is 12.6. The van der Waals surface area contributed by atoms with Crippen LogP contribution in [-0.4, -0.2) is 48.5 Å². The number of methoxy groups -OCH3 is 1. The number of ether oxygens (including phenoxy) is 1. The summed E-state index contributed by atoms with van der Waals surface area (Å²) in [4.78, 5) is 29.1. The fraction of sp³-hybridized carbons (Fsp3) is 0.333. The van der Waals surface area contributed by atoms with Crippen LogP contribution in [-0.2, 0) is 10.8 Å². The molecule has 0 unspecified atom stereocenters. The average molecular weight is 475 g/mol. The third kappa shape index (κ3) is 5.62. The first-order valence-corrected chi connectivity index (χ1v) is 10.7. The fourth-order valence-electron chi connectivity index (χ4n) is 3.15. The van der Waals surface area contributed by atoms with Crippen molar-refractivity contribution in [3.05, 3.63) is 47.1 Å². The molecule has 11 nitrogen and oxygen atoms in total. The third-order valence-electron chi connectivity index (χ3n) is 4.92. The van der Waals surface area contributed by atoms with Crippen LogP contribution >= 0.6 is 11.6 Å². The lowest BCUT2D eigenvalue weighted by atomic mass is 10.1. The average Bonchev–Trinajstić information content (AvgIpc) is 3.63. The zero-order valence-corrected chi connectivity index (χ0v) is 19.4. The highest BCUT2D eigenvalue weighted by Gasteiger charge is 2.29. The summed E-state index contributed by atoms with van der Waals surface area (Å²) in [5.74, 6) is 5.50. The van der Waals surface area contributed by atoms with Crippen LogP contribution in [0.25, 0.3) is 0 Å². The van der Waals surface area contributed by atoms with Gasteiger partial charge in [0.2, 0.25) is 0 Å². The number of benzene rings is 1. The number of aromatic nitrogens is 1. The van der Waals surface area contributed by atoms with Gasteiger partial charge in [-0.1, -0.05) is 6.07 Å². The van der Waals surface area contributed by atoms with Crippen molar-refractivity contribution in [2.75, 3.05) is 26.5 Å². The number of nitrogens with one attached hydrogen (secondary N) is 2. The molecule has 1 saturated carbocycles. The smallest absolute Gasteiger partial charge is 0.254 e. The molecule has 1 heterocycles. The number of anilines is 2. The molecule has 1 aromatic carbocycles. The highest BCUT2D eigenvalue weighted by molar-refractivity contribution is 6.15. The summed E-state index contributed by atoms with van der Waals surface area (Å²) in [6.07, 6.45) is 3.20. The summed E-state index contributed by atoms with van der Waals surface area (Å²) < 4.78 is 7.11. The van der Waals surface area contributed by atoms with Crippen molar-refractivity contribution in [1.29, 1.82) is 0 Å². The molecule has 1 aliphatic rings. The van der Waals surface area contributed by atoms with Crippen LogP contribution in [0.5, 0.6) is 5.75 Å². The molecular weight excluding hydrogens is 448 g/mol. The first-order chi connectivity index (χ1) is 15.8. The number of hydrogen-bond donors (Lipinski definition) is 4. The number of carbonyl (C=O) groups is 2. The minimum Gasteiger partial charge on any atom is -0.494 e. The van der Waals surface area contributed by atoms with E-state index in [-0.39, 0.29) is 29.6 Å². The lowest BCUT2D eigenvalue weighted by molar-refractivity contribution is -0.119. The number of amides is 2. The number of nitrogens with two attached hydrogens (primary N) is 2. The molecule has 0 radical (unpaired) electrons. The van der Waals surface area contributed by atoms with Crippen molar-refractivity contribution in [3.8, 4) is 5.75 Å². The number of nitrogens with zero attached hydrogens (tertiary/aromatic N) is 4. The van der Waals surface area contributed by atoms with Crippen LogP contribution in [0.2, 0.25) is 0 Å². The third-order valence-corrected chi connectivity index (χ3v) is 5.18. The standard InChI is InChI=1S/C21H27ClN8O3/c1-25-21(32)14-10-30(11-22)17(27-20(31)12-7-8-12)9-16(14)26-15-6-4-5-13(18(15)33-3)19(23)28-29(2)24/h4-6,9-10,12,26H,7-8,11,24H2,1-3H3,(H2,23,28)(H,25,32)/b27-17+. The van der Waals surface area contributed by atoms with Crippen molar-refractivity contribution >= 4 is 40.6 Å². The molecule has 0 aliphatic heterocycles. The molecule has 1 fully saturated rings. The second-order valence-electron chi connectivity index (χ2n) is 7.42. The molecule has 0 bridgehead atoms. The minimum atomic E-state index is -0.350. The van der Waals surface area contributed by atoms with E-state index < -0.39 is 0 Å². The van der Waals surface area contributed by atoms with Gasteiger partial charge < -0.3 is 25.7 Å². The Hall–Kier alpha value is -3.57. The molecule has 12 heteroatoms. The van der Waals surface area contributed by atoms with Crippen molar-refractivity contribution < 1.29 is 14.3 Å². The monoisotopic (exact) mass is 474 g/mol. The second kappa shape index (κ2) is 10.4. The molecule has 3 rings (SSSR count). The number of amidine groups is 1. The van der Waals surface area contributed by atoms with Gasteiger partial charge in [0, 0.05) is 32.3 Å². The predicted octanol–water partition coefficient (Wildman–Crippen LogP) is 1.06. The summed E-state index contributed by atoms with van der Waals surface area (Å²) in [5, 5.41) is 10.9. The molecule has 2 amide bonds. The van der Waals surface area contributed by atoms with Crippen LogP contribution in [0.15, 0.2) is 40.6 Å². The maximum Gasteiger partial charge on any atom is 0.254 e. The normalized spacial score (nSPS) is 14.1. The molecule has 6 N–H and O–H groups in total. The predicted molar refractivity (Wildman–Crippen MR) is 126 cm³/mol. The number of halogens is 1. The number of hydrogen-bond acceptors (Lipinski definition) is 7. The van der Waals surface area contributed by atoms with Gasteiger partial charge >= 0.3 is 0 Å². The van der Waals surface area contributed by atoms with Crippen molar-refractivity contribution in [3.63, 3.8) is 0 Å². The Morgan fingerprint density at radius 3 is 2.61 bits per heavy atom. The number of carbonyl (C=O) groups excluding carboxylic acids is 2. The van der Waals surface area contributed by atoms with E-state index in [0.29, 0.717) is 33.7 Å². The number of hydrazone groups is 1. The molecule has 33 heavy (non-hydrogen) atoms. The van der Waals surface area contributed by atoms with Gasteiger partial charge in [0.05, 0.1) is 35.6 Å². The zero-order chi connectivity index (χ0) is 24.1. The van der Waals surface area contributed by atoms with Crippen molar-refractivity contribution in [2.45, 2.75) is 18.8 Å². The van der Waals surface area contributed by atoms with E-state index >= 15 is 0 Å². The van der Waals surface area contributed by atoms with E-state index in [2.05, 4.69) is 20.7 Å². The molecule has 176 valence electrons. The molecule has 1 aliphatic carbocycles. The van der Waals surface area contributed by atoms with Crippen LogP contribution in [0.1, 0.15) is 28.8 Å². The fourth-order valence-corrected chi connectivity index (χ4v) is 3.34. The van der Waals surface area contributed by atoms with Crippen LogP contribution in [0.3, 0.4) is 0 Å². The Kier molecular flexibility index (Phi) is 7.56. The van der Waals surface area contributed by atoms with Gasteiger partial charge in [0.25, 0.3) is 11.8 Å². The Morgan fingerprint density at radius 2 is 2.03 bits per heavy atom. The largest absolute Gasteiger partial charge is 0.494 e. The Balaban J connectivity index is 2.14. The molecule has 2 aromatic rings. The van der Waals surface area contributed by atoms with E-state index in [1.54, 1.807) is 37.5 Å². The van der Waals surface area contributed by atoms with Crippen LogP contribution < -0.4 is 32.4 Å². The van der Waals surface area contributed by atoms with Gasteiger partial charge in [0.15, 0.2) is 11.6 Å². The SMILES string of the molecule is CNC(=O)c1cn(CCl)/c(=N/C(=O)C2CC2)cc1Nc1cccc(/C(N)=N/N(C)N)c1OC. The summed E-state index contributed by atoms with van der Waals surface area (Å²) in [6, 6.07) is 6.85. The second-order valence-corrected chi connectivity index (χ2v) is 7.66. The van der Waals surface area contributed by atoms with Crippen molar-refractivity contribution in [1.82, 2.24) is 15.0 Å². The van der Waals surface area contributed by atoms with Crippen LogP contribution in [0.4, 0.5) is 11.4 Å². The molecule has 0 saturated heterocycles. The number of para-hydroxylation sites is 1. The van der Waals surface area contributed by atoms with E-state index in [4.69, 9.17) is 27.9 Å². The Morgan fingerprint density at radius 1 is 1.30 bits per heavy atom. The lowest BCUT2D eigenvalue weighted by Gasteiger charge is -2.18. The molecule has 1 aromatic heterocycles. The summed E-state index contributed by atoms with van der Waals surface area (Å²) in [5.41, 5.74) is 8.12. The van der Waals surface area contributed by atoms with Gasteiger partial charge in [-0.15, -0.1) is 16.7 Å². The molecular formula is C21H27ClN8O3. The first kappa shape index (κ1) is 24.1. The van der Waals surface area contributed by atoms with E-state index in [9.17, 15) is 9.59 Å². The number of alkyl halides is 1. The van der Waals surface area contributed by atoms with Gasteiger partial charge in [-0.05, 0) is 25.0 Å². The van der Waals surface area contributed by atoms with E-state index in [1.165, 1.54) is 18.7 Å².